The zero-order valence-corrected chi connectivity index (χ0v) is 15.0. The van der Waals surface area contributed by atoms with E-state index in [1.165, 1.54) is 7.11 Å². The molecule has 7 heteroatoms. The quantitative estimate of drug-likeness (QED) is 0.864. The lowest BCUT2D eigenvalue weighted by Gasteiger charge is -2.18. The Morgan fingerprint density at radius 1 is 1.15 bits per heavy atom. The minimum absolute atomic E-state index is 0.117. The molecule has 1 fully saturated rings. The second-order valence-corrected chi connectivity index (χ2v) is 5.91. The molecule has 0 bridgehead atoms. The summed E-state index contributed by atoms with van der Waals surface area (Å²) in [5, 5.41) is 5.61. The zero-order chi connectivity index (χ0) is 18.7. The fourth-order valence-electron chi connectivity index (χ4n) is 2.90. The van der Waals surface area contributed by atoms with Crippen LogP contribution in [0, 0.1) is 6.92 Å². The molecule has 2 N–H and O–H groups in total. The maximum atomic E-state index is 12.6. The van der Waals surface area contributed by atoms with Gasteiger partial charge in [0.15, 0.2) is 0 Å². The Morgan fingerprint density at radius 3 is 2.58 bits per heavy atom. The molecule has 3 rings (SSSR count). The minimum atomic E-state index is -0.256. The first kappa shape index (κ1) is 17.6. The third kappa shape index (κ3) is 3.42. The number of benzene rings is 2. The molecule has 136 valence electrons. The van der Waals surface area contributed by atoms with Gasteiger partial charge in [-0.05, 0) is 42.8 Å². The van der Waals surface area contributed by atoms with Crippen LogP contribution in [-0.2, 0) is 0 Å². The molecule has 2 aromatic carbocycles. The van der Waals surface area contributed by atoms with Crippen LogP contribution in [0.15, 0.2) is 36.4 Å². The van der Waals surface area contributed by atoms with Gasteiger partial charge >= 0.3 is 6.03 Å². The van der Waals surface area contributed by atoms with Gasteiger partial charge in [-0.25, -0.2) is 4.79 Å². The summed E-state index contributed by atoms with van der Waals surface area (Å²) in [5.74, 6) is 0.901. The molecule has 1 aliphatic rings. The highest BCUT2D eigenvalue weighted by molar-refractivity contribution is 6.06. The lowest BCUT2D eigenvalue weighted by Crippen LogP contribution is -2.28. The largest absolute Gasteiger partial charge is 0.497 e. The van der Waals surface area contributed by atoms with Gasteiger partial charge in [-0.15, -0.1) is 0 Å². The Labute approximate surface area is 151 Å². The summed E-state index contributed by atoms with van der Waals surface area (Å²) in [6, 6.07) is 10.3. The van der Waals surface area contributed by atoms with Crippen molar-refractivity contribution in [3.63, 3.8) is 0 Å². The first-order chi connectivity index (χ1) is 12.5. The van der Waals surface area contributed by atoms with Gasteiger partial charge in [0.1, 0.15) is 11.5 Å². The molecule has 3 amide bonds. The normalized spacial score (nSPS) is 13.3. The van der Waals surface area contributed by atoms with E-state index >= 15 is 0 Å². The molecular weight excluding hydrogens is 334 g/mol. The van der Waals surface area contributed by atoms with Crippen LogP contribution in [0.4, 0.5) is 16.2 Å². The Morgan fingerprint density at radius 2 is 1.96 bits per heavy atom. The lowest BCUT2D eigenvalue weighted by atomic mass is 10.1. The molecular formula is C19H21N3O4. The van der Waals surface area contributed by atoms with E-state index in [1.807, 2.05) is 6.92 Å². The van der Waals surface area contributed by atoms with E-state index in [0.29, 0.717) is 35.8 Å². The Kier molecular flexibility index (Phi) is 4.97. The highest BCUT2D eigenvalue weighted by Crippen LogP contribution is 2.30. The number of amides is 3. The van der Waals surface area contributed by atoms with Crippen molar-refractivity contribution in [3.05, 3.63) is 47.5 Å². The zero-order valence-electron chi connectivity index (χ0n) is 15.0. The molecule has 7 nitrogen and oxygen atoms in total. The number of aryl methyl sites for hydroxylation is 1. The van der Waals surface area contributed by atoms with E-state index in [1.54, 1.807) is 48.4 Å². The second kappa shape index (κ2) is 7.35. The van der Waals surface area contributed by atoms with Gasteiger partial charge in [0.05, 0.1) is 19.9 Å². The van der Waals surface area contributed by atoms with Crippen LogP contribution < -0.4 is 25.0 Å². The first-order valence-electron chi connectivity index (χ1n) is 8.23. The second-order valence-electron chi connectivity index (χ2n) is 5.91. The molecule has 1 heterocycles. The number of hydrogen-bond donors (Lipinski definition) is 2. The summed E-state index contributed by atoms with van der Waals surface area (Å²) in [5.41, 5.74) is 2.72. The third-order valence-corrected chi connectivity index (χ3v) is 4.26. The van der Waals surface area contributed by atoms with Crippen molar-refractivity contribution in [3.8, 4) is 11.5 Å². The van der Waals surface area contributed by atoms with Crippen molar-refractivity contribution >= 4 is 23.3 Å². The average Bonchev–Trinajstić information content (AvgIpc) is 3.07. The van der Waals surface area contributed by atoms with E-state index in [0.717, 1.165) is 11.3 Å². The van der Waals surface area contributed by atoms with E-state index < -0.39 is 0 Å². The van der Waals surface area contributed by atoms with Gasteiger partial charge in [0.25, 0.3) is 5.91 Å². The van der Waals surface area contributed by atoms with Crippen LogP contribution in [0.5, 0.6) is 11.5 Å². The Bertz CT molecular complexity index is 851. The summed E-state index contributed by atoms with van der Waals surface area (Å²) in [7, 11) is 3.10. The standard InChI is InChI=1S/C19H21N3O4/c1-12-10-13(4-7-16(12)22-9-8-20-19(22)24)18(23)21-15-6-5-14(25-2)11-17(15)26-3/h4-7,10-11H,8-9H2,1-3H3,(H,20,24)(H,21,23). The maximum Gasteiger partial charge on any atom is 0.322 e. The average molecular weight is 355 g/mol. The number of carbonyl (C=O) groups excluding carboxylic acids is 2. The summed E-state index contributed by atoms with van der Waals surface area (Å²) >= 11 is 0. The number of nitrogens with zero attached hydrogens (tertiary/aromatic N) is 1. The summed E-state index contributed by atoms with van der Waals surface area (Å²) in [6.07, 6.45) is 0. The predicted octanol–water partition coefficient (Wildman–Crippen LogP) is 2.79. The number of carbonyl (C=O) groups is 2. The van der Waals surface area contributed by atoms with E-state index in [9.17, 15) is 9.59 Å². The van der Waals surface area contributed by atoms with E-state index in [-0.39, 0.29) is 11.9 Å². The number of urea groups is 1. The van der Waals surface area contributed by atoms with Gasteiger partial charge < -0.3 is 20.1 Å². The van der Waals surface area contributed by atoms with Crippen molar-refractivity contribution in [2.45, 2.75) is 6.92 Å². The van der Waals surface area contributed by atoms with Crippen LogP contribution in [-0.4, -0.2) is 39.2 Å². The Hall–Kier alpha value is -3.22. The van der Waals surface area contributed by atoms with Crippen LogP contribution in [0.3, 0.4) is 0 Å². The van der Waals surface area contributed by atoms with Gasteiger partial charge in [-0.1, -0.05) is 0 Å². The molecule has 1 aliphatic heterocycles. The SMILES string of the molecule is COc1ccc(NC(=O)c2ccc(N3CCNC3=O)c(C)c2)c(OC)c1. The lowest BCUT2D eigenvalue weighted by molar-refractivity contribution is 0.102. The maximum absolute atomic E-state index is 12.6. The molecule has 0 saturated carbocycles. The van der Waals surface area contributed by atoms with Crippen LogP contribution in [0.2, 0.25) is 0 Å². The minimum Gasteiger partial charge on any atom is -0.497 e. The van der Waals surface area contributed by atoms with Gasteiger partial charge in [-0.2, -0.15) is 0 Å². The molecule has 0 radical (unpaired) electrons. The predicted molar refractivity (Wildman–Crippen MR) is 99.4 cm³/mol. The van der Waals surface area contributed by atoms with E-state index in [2.05, 4.69) is 10.6 Å². The number of anilines is 2. The number of hydrogen-bond acceptors (Lipinski definition) is 4. The molecule has 0 aromatic heterocycles. The number of nitrogens with one attached hydrogen (secondary N) is 2. The molecule has 0 unspecified atom stereocenters. The van der Waals surface area contributed by atoms with Crippen LogP contribution in [0.1, 0.15) is 15.9 Å². The number of methoxy groups -OCH3 is 2. The van der Waals surface area contributed by atoms with Crippen molar-refractivity contribution < 1.29 is 19.1 Å². The van der Waals surface area contributed by atoms with Gasteiger partial charge in [0.2, 0.25) is 0 Å². The summed E-state index contributed by atoms with van der Waals surface area (Å²) < 4.78 is 10.5. The fraction of sp³-hybridized carbons (Fsp3) is 0.263. The van der Waals surface area contributed by atoms with Crippen LogP contribution >= 0.6 is 0 Å². The Balaban J connectivity index is 1.80. The van der Waals surface area contributed by atoms with Crippen molar-refractivity contribution in [1.29, 1.82) is 0 Å². The highest BCUT2D eigenvalue weighted by Gasteiger charge is 2.23. The number of ether oxygens (including phenoxy) is 2. The molecule has 1 saturated heterocycles. The highest BCUT2D eigenvalue weighted by atomic mass is 16.5. The smallest absolute Gasteiger partial charge is 0.322 e. The van der Waals surface area contributed by atoms with Crippen LogP contribution in [0.25, 0.3) is 0 Å². The monoisotopic (exact) mass is 355 g/mol. The molecule has 2 aromatic rings. The van der Waals surface area contributed by atoms with Crippen molar-refractivity contribution in [2.75, 3.05) is 37.5 Å². The molecule has 0 aliphatic carbocycles. The van der Waals surface area contributed by atoms with Crippen molar-refractivity contribution in [1.82, 2.24) is 5.32 Å². The fourth-order valence-corrected chi connectivity index (χ4v) is 2.90. The third-order valence-electron chi connectivity index (χ3n) is 4.26. The summed E-state index contributed by atoms with van der Waals surface area (Å²) in [6.45, 7) is 3.12. The molecule has 26 heavy (non-hydrogen) atoms. The van der Waals surface area contributed by atoms with Gasteiger partial charge in [0, 0.05) is 30.4 Å². The summed E-state index contributed by atoms with van der Waals surface area (Å²) in [4.78, 5) is 26.1. The first-order valence-corrected chi connectivity index (χ1v) is 8.23. The van der Waals surface area contributed by atoms with Gasteiger partial charge in [-0.3, -0.25) is 9.69 Å². The molecule has 0 spiro atoms. The number of rotatable bonds is 5. The van der Waals surface area contributed by atoms with E-state index in [4.69, 9.17) is 9.47 Å². The van der Waals surface area contributed by atoms with Crippen molar-refractivity contribution in [2.24, 2.45) is 0 Å². The topological polar surface area (TPSA) is 79.9 Å². The molecule has 0 atom stereocenters.